The predicted octanol–water partition coefficient (Wildman–Crippen LogP) is 2.16. The quantitative estimate of drug-likeness (QED) is 0.825. The van der Waals surface area contributed by atoms with Crippen LogP contribution < -0.4 is 5.32 Å². The fraction of sp³-hybridized carbons (Fsp3) is 0.895. The molecule has 1 heterocycles. The number of likely N-dealkylation sites (tertiary alicyclic amines) is 1. The van der Waals surface area contributed by atoms with E-state index in [1.165, 1.54) is 25.7 Å². The highest BCUT2D eigenvalue weighted by Crippen LogP contribution is 2.48. The predicted molar refractivity (Wildman–Crippen MR) is 94.1 cm³/mol. The van der Waals surface area contributed by atoms with Crippen molar-refractivity contribution in [3.63, 3.8) is 0 Å². The molecule has 3 fully saturated rings. The lowest BCUT2D eigenvalue weighted by molar-refractivity contribution is -0.130. The summed E-state index contributed by atoms with van der Waals surface area (Å²) in [6, 6.07) is 2.57. The topological polar surface area (TPSA) is 76.4 Å². The Kier molecular flexibility index (Phi) is 7.06. The number of fused-ring (bicyclic) bond motifs is 1. The molecule has 0 radical (unpaired) electrons. The van der Waals surface area contributed by atoms with E-state index >= 15 is 0 Å². The van der Waals surface area contributed by atoms with Gasteiger partial charge < -0.3 is 15.3 Å². The molecule has 3 rings (SSSR count). The molecule has 5 nitrogen and oxygen atoms in total. The van der Waals surface area contributed by atoms with E-state index in [0.29, 0.717) is 12.6 Å². The second-order valence-corrected chi connectivity index (χ2v) is 7.92. The minimum atomic E-state index is -0.191. The fourth-order valence-corrected chi connectivity index (χ4v) is 4.91. The summed E-state index contributed by atoms with van der Waals surface area (Å²) in [6.07, 6.45) is 7.06. The number of rotatable bonds is 4. The van der Waals surface area contributed by atoms with Gasteiger partial charge in [0.25, 0.3) is 0 Å². The number of nitrogens with zero attached hydrogens (tertiary/aromatic N) is 2. The molecular formula is C19H33N3O2. The molecule has 0 bridgehead atoms. The number of amides is 1. The van der Waals surface area contributed by atoms with E-state index in [-0.39, 0.29) is 11.9 Å². The SMILES string of the molecule is CC(C)C1C[C@H]2CC(NCC(=O)N3CCCC3C#N)C[C@H]2C1.CO. The van der Waals surface area contributed by atoms with Gasteiger partial charge in [0.05, 0.1) is 12.6 Å². The molecular weight excluding hydrogens is 302 g/mol. The van der Waals surface area contributed by atoms with Crippen LogP contribution in [0.4, 0.5) is 0 Å². The molecule has 2 N–H and O–H groups in total. The molecule has 136 valence electrons. The zero-order chi connectivity index (χ0) is 17.7. The fourth-order valence-electron chi connectivity index (χ4n) is 4.91. The number of hydrogen-bond acceptors (Lipinski definition) is 4. The number of nitriles is 1. The molecule has 1 saturated heterocycles. The molecule has 2 saturated carbocycles. The van der Waals surface area contributed by atoms with E-state index < -0.39 is 0 Å². The van der Waals surface area contributed by atoms with Crippen LogP contribution in [-0.2, 0) is 4.79 Å². The van der Waals surface area contributed by atoms with Gasteiger partial charge in [0.2, 0.25) is 5.91 Å². The van der Waals surface area contributed by atoms with Gasteiger partial charge in [0, 0.05) is 19.7 Å². The lowest BCUT2D eigenvalue weighted by Gasteiger charge is -2.22. The second kappa shape index (κ2) is 8.82. The third-order valence-corrected chi connectivity index (χ3v) is 6.26. The first-order valence-electron chi connectivity index (χ1n) is 9.45. The highest BCUT2D eigenvalue weighted by molar-refractivity contribution is 5.79. The van der Waals surface area contributed by atoms with Gasteiger partial charge in [-0.15, -0.1) is 0 Å². The minimum Gasteiger partial charge on any atom is -0.400 e. The van der Waals surface area contributed by atoms with Gasteiger partial charge in [-0.3, -0.25) is 4.79 Å². The lowest BCUT2D eigenvalue weighted by Crippen LogP contribution is -2.43. The summed E-state index contributed by atoms with van der Waals surface area (Å²) < 4.78 is 0. The molecule has 24 heavy (non-hydrogen) atoms. The minimum absolute atomic E-state index is 0.112. The summed E-state index contributed by atoms with van der Waals surface area (Å²) in [6.45, 7) is 5.87. The maximum Gasteiger partial charge on any atom is 0.237 e. The second-order valence-electron chi connectivity index (χ2n) is 7.92. The Bertz CT molecular complexity index is 446. The molecule has 3 unspecified atom stereocenters. The first kappa shape index (κ1) is 19.2. The van der Waals surface area contributed by atoms with Crippen LogP contribution in [0, 0.1) is 35.0 Å². The molecule has 1 aliphatic heterocycles. The first-order valence-corrected chi connectivity index (χ1v) is 9.45. The third kappa shape index (κ3) is 4.29. The van der Waals surface area contributed by atoms with E-state index in [0.717, 1.165) is 50.2 Å². The number of aliphatic hydroxyl groups excluding tert-OH is 1. The molecule has 3 aliphatic rings. The van der Waals surface area contributed by atoms with Gasteiger partial charge in [0.1, 0.15) is 6.04 Å². The Morgan fingerprint density at radius 1 is 1.25 bits per heavy atom. The molecule has 5 heteroatoms. The summed E-state index contributed by atoms with van der Waals surface area (Å²) in [5.41, 5.74) is 0. The Morgan fingerprint density at radius 3 is 2.42 bits per heavy atom. The molecule has 0 spiro atoms. The van der Waals surface area contributed by atoms with Gasteiger partial charge in [-0.1, -0.05) is 13.8 Å². The van der Waals surface area contributed by atoms with Crippen molar-refractivity contribution in [3.8, 4) is 6.07 Å². The van der Waals surface area contributed by atoms with Crippen molar-refractivity contribution < 1.29 is 9.90 Å². The van der Waals surface area contributed by atoms with E-state index in [2.05, 4.69) is 25.2 Å². The van der Waals surface area contributed by atoms with Crippen molar-refractivity contribution in [1.29, 1.82) is 5.26 Å². The summed E-state index contributed by atoms with van der Waals surface area (Å²) in [5, 5.41) is 19.6. The van der Waals surface area contributed by atoms with Gasteiger partial charge in [0.15, 0.2) is 0 Å². The molecule has 0 aromatic carbocycles. The summed E-state index contributed by atoms with van der Waals surface area (Å²) in [7, 11) is 1.00. The summed E-state index contributed by atoms with van der Waals surface area (Å²) in [5.74, 6) is 3.59. The summed E-state index contributed by atoms with van der Waals surface area (Å²) >= 11 is 0. The molecule has 0 aromatic rings. The van der Waals surface area contributed by atoms with Crippen molar-refractivity contribution in [2.45, 2.75) is 64.5 Å². The third-order valence-electron chi connectivity index (χ3n) is 6.26. The molecule has 1 amide bonds. The Balaban J connectivity index is 0.00000100. The lowest BCUT2D eigenvalue weighted by atomic mass is 9.91. The van der Waals surface area contributed by atoms with Crippen LogP contribution in [0.15, 0.2) is 0 Å². The highest BCUT2D eigenvalue weighted by Gasteiger charge is 2.42. The number of aliphatic hydroxyl groups is 1. The zero-order valence-electron chi connectivity index (χ0n) is 15.4. The average molecular weight is 335 g/mol. The largest absolute Gasteiger partial charge is 0.400 e. The Morgan fingerprint density at radius 2 is 1.88 bits per heavy atom. The van der Waals surface area contributed by atoms with Crippen LogP contribution in [0.5, 0.6) is 0 Å². The van der Waals surface area contributed by atoms with Crippen molar-refractivity contribution in [1.82, 2.24) is 10.2 Å². The van der Waals surface area contributed by atoms with E-state index in [9.17, 15) is 4.79 Å². The zero-order valence-corrected chi connectivity index (χ0v) is 15.4. The van der Waals surface area contributed by atoms with Crippen LogP contribution in [0.25, 0.3) is 0 Å². The van der Waals surface area contributed by atoms with E-state index in [1.54, 1.807) is 4.90 Å². The standard InChI is InChI=1S/C18H29N3O.CH4O/c1-12(2)13-6-14-8-16(9-15(14)7-13)20-11-18(22)21-5-3-4-17(21)10-19;1-2/h12-17,20H,3-9,11H2,1-2H3;2H,1H3/t13?,14-,15+,16?,17?;. The number of carbonyl (C=O) groups excluding carboxylic acids is 1. The van der Waals surface area contributed by atoms with Gasteiger partial charge in [-0.25, -0.2) is 0 Å². The number of hydrogen-bond donors (Lipinski definition) is 2. The Hall–Kier alpha value is -1.12. The van der Waals surface area contributed by atoms with Gasteiger partial charge >= 0.3 is 0 Å². The maximum absolute atomic E-state index is 12.3. The van der Waals surface area contributed by atoms with Crippen LogP contribution >= 0.6 is 0 Å². The van der Waals surface area contributed by atoms with Crippen LogP contribution in [0.1, 0.15) is 52.4 Å². The van der Waals surface area contributed by atoms with E-state index in [1.807, 2.05) is 0 Å². The average Bonchev–Trinajstić information content (AvgIpc) is 3.27. The van der Waals surface area contributed by atoms with Crippen molar-refractivity contribution >= 4 is 5.91 Å². The molecule has 0 aromatic heterocycles. The smallest absolute Gasteiger partial charge is 0.237 e. The Labute approximate surface area is 146 Å². The maximum atomic E-state index is 12.3. The van der Waals surface area contributed by atoms with Crippen molar-refractivity contribution in [2.24, 2.45) is 23.7 Å². The summed E-state index contributed by atoms with van der Waals surface area (Å²) in [4.78, 5) is 14.0. The first-order chi connectivity index (χ1) is 11.6. The normalized spacial score (nSPS) is 34.7. The van der Waals surface area contributed by atoms with Crippen molar-refractivity contribution in [3.05, 3.63) is 0 Å². The molecule has 2 aliphatic carbocycles. The van der Waals surface area contributed by atoms with Gasteiger partial charge in [-0.2, -0.15) is 5.26 Å². The van der Waals surface area contributed by atoms with Crippen molar-refractivity contribution in [2.75, 3.05) is 20.2 Å². The van der Waals surface area contributed by atoms with Crippen LogP contribution in [0.3, 0.4) is 0 Å². The van der Waals surface area contributed by atoms with E-state index in [4.69, 9.17) is 10.4 Å². The number of carbonyl (C=O) groups is 1. The monoisotopic (exact) mass is 335 g/mol. The molecule has 5 atom stereocenters. The number of nitrogens with one attached hydrogen (secondary N) is 1. The highest BCUT2D eigenvalue weighted by atomic mass is 16.2. The van der Waals surface area contributed by atoms with Gasteiger partial charge in [-0.05, 0) is 62.2 Å². The van der Waals surface area contributed by atoms with Crippen LogP contribution in [-0.4, -0.2) is 48.2 Å². The van der Waals surface area contributed by atoms with Crippen LogP contribution in [0.2, 0.25) is 0 Å².